The Hall–Kier alpha value is -2.35. The van der Waals surface area contributed by atoms with E-state index in [-0.39, 0.29) is 0 Å². The van der Waals surface area contributed by atoms with Gasteiger partial charge in [-0.25, -0.2) is 0 Å². The van der Waals surface area contributed by atoms with Crippen molar-refractivity contribution in [3.8, 4) is 33.4 Å². The minimum absolute atomic E-state index is 0.727. The molecule has 126 valence electrons. The molecule has 0 amide bonds. The summed E-state index contributed by atoms with van der Waals surface area (Å²) < 4.78 is 0.998. The molecule has 0 aliphatic heterocycles. The third kappa shape index (κ3) is 3.46. The van der Waals surface area contributed by atoms with Crippen LogP contribution in [0.25, 0.3) is 33.4 Å². The highest BCUT2D eigenvalue weighted by atomic mass is 79.9. The molecule has 0 unspecified atom stereocenters. The second-order valence-electron chi connectivity index (χ2n) is 6.11. The SMILES string of the molecule is Clc1ccc(-c2ccccc2-c2ccc(-c3ccccc3)cc2)c(Br)c1. The largest absolute Gasteiger partial charge is 0.0843 e. The van der Waals surface area contributed by atoms with E-state index in [1.54, 1.807) is 0 Å². The molecule has 0 aliphatic rings. The lowest BCUT2D eigenvalue weighted by Crippen LogP contribution is -1.87. The van der Waals surface area contributed by atoms with Crippen LogP contribution in [0, 0.1) is 0 Å². The fourth-order valence-electron chi connectivity index (χ4n) is 3.15. The van der Waals surface area contributed by atoms with E-state index in [1.807, 2.05) is 18.2 Å². The highest BCUT2D eigenvalue weighted by molar-refractivity contribution is 9.10. The predicted molar refractivity (Wildman–Crippen MR) is 115 cm³/mol. The topological polar surface area (TPSA) is 0 Å². The number of benzene rings is 4. The average molecular weight is 420 g/mol. The first kappa shape index (κ1) is 17.1. The lowest BCUT2D eigenvalue weighted by molar-refractivity contribution is 1.55. The quantitative estimate of drug-likeness (QED) is 0.314. The van der Waals surface area contributed by atoms with E-state index in [4.69, 9.17) is 11.6 Å². The second kappa shape index (κ2) is 7.49. The van der Waals surface area contributed by atoms with Crippen LogP contribution in [0.3, 0.4) is 0 Å². The van der Waals surface area contributed by atoms with Crippen molar-refractivity contribution in [3.05, 3.63) is 107 Å². The molecule has 0 saturated heterocycles. The number of hydrogen-bond donors (Lipinski definition) is 0. The molecule has 0 heterocycles. The molecule has 0 spiro atoms. The Balaban J connectivity index is 1.77. The molecule has 0 aliphatic carbocycles. The molecular formula is C24H16BrCl. The fraction of sp³-hybridized carbons (Fsp3) is 0. The highest BCUT2D eigenvalue weighted by Gasteiger charge is 2.10. The molecule has 4 aromatic rings. The Bertz CT molecular complexity index is 1040. The van der Waals surface area contributed by atoms with Crippen LogP contribution in [-0.2, 0) is 0 Å². The monoisotopic (exact) mass is 418 g/mol. The molecule has 0 radical (unpaired) electrons. The summed E-state index contributed by atoms with van der Waals surface area (Å²) in [5.74, 6) is 0. The lowest BCUT2D eigenvalue weighted by Gasteiger charge is -2.12. The van der Waals surface area contributed by atoms with Crippen molar-refractivity contribution < 1.29 is 0 Å². The number of halogens is 2. The zero-order chi connectivity index (χ0) is 17.9. The van der Waals surface area contributed by atoms with Crippen molar-refractivity contribution in [1.82, 2.24) is 0 Å². The van der Waals surface area contributed by atoms with E-state index in [9.17, 15) is 0 Å². The summed E-state index contributed by atoms with van der Waals surface area (Å²) in [5, 5.41) is 0.727. The molecule has 0 bridgehead atoms. The Kier molecular flexibility index (Phi) is 4.92. The van der Waals surface area contributed by atoms with E-state index in [0.717, 1.165) is 15.1 Å². The molecule has 0 saturated carbocycles. The maximum Gasteiger partial charge on any atom is 0.0417 e. The van der Waals surface area contributed by atoms with Gasteiger partial charge >= 0.3 is 0 Å². The van der Waals surface area contributed by atoms with Crippen molar-refractivity contribution in [1.29, 1.82) is 0 Å². The van der Waals surface area contributed by atoms with Crippen LogP contribution in [0.1, 0.15) is 0 Å². The standard InChI is InChI=1S/C24H16BrCl/c25-24-16-20(26)14-15-23(24)22-9-5-4-8-21(22)19-12-10-18(11-13-19)17-6-2-1-3-7-17/h1-16H. The van der Waals surface area contributed by atoms with Gasteiger partial charge in [-0.1, -0.05) is 112 Å². The summed E-state index contributed by atoms with van der Waals surface area (Å²) in [4.78, 5) is 0. The van der Waals surface area contributed by atoms with Crippen LogP contribution >= 0.6 is 27.5 Å². The first-order valence-electron chi connectivity index (χ1n) is 8.43. The summed E-state index contributed by atoms with van der Waals surface area (Å²) in [6.07, 6.45) is 0. The third-order valence-electron chi connectivity index (χ3n) is 4.45. The lowest BCUT2D eigenvalue weighted by atomic mass is 9.93. The van der Waals surface area contributed by atoms with E-state index in [2.05, 4.69) is 94.8 Å². The second-order valence-corrected chi connectivity index (χ2v) is 7.40. The van der Waals surface area contributed by atoms with Crippen molar-refractivity contribution in [2.75, 3.05) is 0 Å². The fourth-order valence-corrected chi connectivity index (χ4v) is 4.05. The van der Waals surface area contributed by atoms with Crippen LogP contribution in [0.2, 0.25) is 5.02 Å². The van der Waals surface area contributed by atoms with Crippen LogP contribution in [0.15, 0.2) is 102 Å². The Labute approximate surface area is 167 Å². The third-order valence-corrected chi connectivity index (χ3v) is 5.34. The first-order chi connectivity index (χ1) is 12.7. The van der Waals surface area contributed by atoms with Crippen molar-refractivity contribution in [2.24, 2.45) is 0 Å². The molecule has 0 fully saturated rings. The molecule has 2 heteroatoms. The average Bonchev–Trinajstić information content (AvgIpc) is 2.69. The molecule has 0 nitrogen and oxygen atoms in total. The van der Waals surface area contributed by atoms with Gasteiger partial charge in [-0.15, -0.1) is 0 Å². The minimum atomic E-state index is 0.727. The van der Waals surface area contributed by atoms with Gasteiger partial charge in [-0.3, -0.25) is 0 Å². The van der Waals surface area contributed by atoms with Crippen molar-refractivity contribution >= 4 is 27.5 Å². The van der Waals surface area contributed by atoms with Gasteiger partial charge in [-0.2, -0.15) is 0 Å². The van der Waals surface area contributed by atoms with Crippen LogP contribution in [-0.4, -0.2) is 0 Å². The molecule has 26 heavy (non-hydrogen) atoms. The van der Waals surface area contributed by atoms with Gasteiger partial charge in [0.25, 0.3) is 0 Å². The molecule has 0 aromatic heterocycles. The maximum atomic E-state index is 6.11. The Morgan fingerprint density at radius 3 is 1.77 bits per heavy atom. The van der Waals surface area contributed by atoms with Crippen LogP contribution in [0.5, 0.6) is 0 Å². The molecule has 0 N–H and O–H groups in total. The smallest absolute Gasteiger partial charge is 0.0417 e. The number of hydrogen-bond acceptors (Lipinski definition) is 0. The van der Waals surface area contributed by atoms with Crippen LogP contribution < -0.4 is 0 Å². The van der Waals surface area contributed by atoms with Gasteiger partial charge in [0.15, 0.2) is 0 Å². The van der Waals surface area contributed by atoms with Gasteiger partial charge < -0.3 is 0 Å². The Morgan fingerprint density at radius 1 is 0.500 bits per heavy atom. The van der Waals surface area contributed by atoms with E-state index in [1.165, 1.54) is 27.8 Å². The Morgan fingerprint density at radius 2 is 1.08 bits per heavy atom. The van der Waals surface area contributed by atoms with Gasteiger partial charge in [0.1, 0.15) is 0 Å². The van der Waals surface area contributed by atoms with E-state index in [0.29, 0.717) is 0 Å². The van der Waals surface area contributed by atoms with Gasteiger partial charge in [0.2, 0.25) is 0 Å². The summed E-state index contributed by atoms with van der Waals surface area (Å²) in [6.45, 7) is 0. The zero-order valence-electron chi connectivity index (χ0n) is 14.0. The highest BCUT2D eigenvalue weighted by Crippen LogP contribution is 2.37. The van der Waals surface area contributed by atoms with Crippen molar-refractivity contribution in [3.63, 3.8) is 0 Å². The molecule has 4 aromatic carbocycles. The van der Waals surface area contributed by atoms with Crippen molar-refractivity contribution in [2.45, 2.75) is 0 Å². The summed E-state index contributed by atoms with van der Waals surface area (Å²) >= 11 is 9.76. The zero-order valence-corrected chi connectivity index (χ0v) is 16.3. The summed E-state index contributed by atoms with van der Waals surface area (Å²) in [7, 11) is 0. The number of rotatable bonds is 3. The predicted octanol–water partition coefficient (Wildman–Crippen LogP) is 8.10. The van der Waals surface area contributed by atoms with E-state index < -0.39 is 0 Å². The molecule has 0 atom stereocenters. The van der Waals surface area contributed by atoms with Gasteiger partial charge in [0, 0.05) is 9.50 Å². The molecular weight excluding hydrogens is 404 g/mol. The maximum absolute atomic E-state index is 6.11. The summed E-state index contributed by atoms with van der Waals surface area (Å²) in [5.41, 5.74) is 7.17. The first-order valence-corrected chi connectivity index (χ1v) is 9.60. The summed E-state index contributed by atoms with van der Waals surface area (Å²) in [6, 6.07) is 33.5. The van der Waals surface area contributed by atoms with E-state index >= 15 is 0 Å². The minimum Gasteiger partial charge on any atom is -0.0843 e. The normalized spacial score (nSPS) is 10.7. The van der Waals surface area contributed by atoms with Crippen LogP contribution in [0.4, 0.5) is 0 Å². The molecule has 4 rings (SSSR count). The van der Waals surface area contributed by atoms with Gasteiger partial charge in [0.05, 0.1) is 0 Å². The van der Waals surface area contributed by atoms with Gasteiger partial charge in [-0.05, 0) is 45.5 Å².